The van der Waals surface area contributed by atoms with Crippen LogP contribution in [0.4, 0.5) is 0 Å². The van der Waals surface area contributed by atoms with Crippen LogP contribution in [0.25, 0.3) is 11.1 Å². The fourth-order valence-corrected chi connectivity index (χ4v) is 5.12. The molecule has 1 amide bonds. The zero-order valence-corrected chi connectivity index (χ0v) is 22.3. The van der Waals surface area contributed by atoms with Crippen LogP contribution in [0.15, 0.2) is 30.3 Å². The van der Waals surface area contributed by atoms with E-state index in [2.05, 4.69) is 30.9 Å². The molecule has 2 heterocycles. The van der Waals surface area contributed by atoms with E-state index in [0.29, 0.717) is 56.2 Å². The number of ether oxygens (including phenoxy) is 4. The van der Waals surface area contributed by atoms with Crippen molar-refractivity contribution < 1.29 is 23.7 Å². The molecule has 1 atom stereocenters. The summed E-state index contributed by atoms with van der Waals surface area (Å²) in [5.74, 6) is 3.45. The van der Waals surface area contributed by atoms with E-state index in [9.17, 15) is 4.79 Å². The fraction of sp³-hybridized carbons (Fsp3) is 0.552. The molecule has 2 aromatic rings. The number of methoxy groups -OCH3 is 2. The lowest BCUT2D eigenvalue weighted by Crippen LogP contribution is -2.41. The van der Waals surface area contributed by atoms with Crippen molar-refractivity contribution in [2.45, 2.75) is 52.6 Å². The van der Waals surface area contributed by atoms with Gasteiger partial charge < -0.3 is 28.7 Å². The lowest BCUT2D eigenvalue weighted by molar-refractivity contribution is -0.131. The van der Waals surface area contributed by atoms with E-state index in [-0.39, 0.29) is 5.91 Å². The summed E-state index contributed by atoms with van der Waals surface area (Å²) >= 11 is 0. The molecule has 1 saturated heterocycles. The van der Waals surface area contributed by atoms with Crippen LogP contribution in [0, 0.1) is 5.92 Å². The highest BCUT2D eigenvalue weighted by atomic mass is 16.5. The first-order valence-corrected chi connectivity index (χ1v) is 13.1. The summed E-state index contributed by atoms with van der Waals surface area (Å²) in [4.78, 5) is 16.9. The largest absolute Gasteiger partial charge is 0.493 e. The predicted octanol–water partition coefficient (Wildman–Crippen LogP) is 5.00. The number of benzene rings is 2. The van der Waals surface area contributed by atoms with Gasteiger partial charge in [-0.15, -0.1) is 0 Å². The van der Waals surface area contributed by atoms with E-state index in [1.165, 1.54) is 12.8 Å². The van der Waals surface area contributed by atoms with Gasteiger partial charge >= 0.3 is 0 Å². The maximum Gasteiger partial charge on any atom is 0.222 e. The molecule has 0 aromatic heterocycles. The van der Waals surface area contributed by atoms with Gasteiger partial charge in [-0.05, 0) is 68.6 Å². The average Bonchev–Trinajstić information content (AvgIpc) is 3.13. The Morgan fingerprint density at radius 1 is 1.06 bits per heavy atom. The molecule has 196 valence electrons. The summed E-state index contributed by atoms with van der Waals surface area (Å²) in [5, 5.41) is 0. The van der Waals surface area contributed by atoms with Gasteiger partial charge in [-0.3, -0.25) is 4.79 Å². The van der Waals surface area contributed by atoms with Gasteiger partial charge in [-0.1, -0.05) is 13.0 Å². The van der Waals surface area contributed by atoms with Gasteiger partial charge in [-0.2, -0.15) is 0 Å². The van der Waals surface area contributed by atoms with Gasteiger partial charge in [0, 0.05) is 37.0 Å². The molecule has 0 N–H and O–H groups in total. The van der Waals surface area contributed by atoms with Crippen LogP contribution in [0.2, 0.25) is 0 Å². The average molecular weight is 497 g/mol. The van der Waals surface area contributed by atoms with Crippen molar-refractivity contribution in [2.24, 2.45) is 5.92 Å². The van der Waals surface area contributed by atoms with Gasteiger partial charge in [0.05, 0.1) is 27.4 Å². The summed E-state index contributed by atoms with van der Waals surface area (Å²) in [5.41, 5.74) is 2.94. The van der Waals surface area contributed by atoms with Crippen molar-refractivity contribution in [3.8, 4) is 34.1 Å². The van der Waals surface area contributed by atoms with Crippen LogP contribution < -0.4 is 18.9 Å². The molecule has 1 unspecified atom stereocenters. The number of rotatable bonds is 8. The highest BCUT2D eigenvalue weighted by Crippen LogP contribution is 2.41. The fourth-order valence-electron chi connectivity index (χ4n) is 5.12. The molecule has 2 aliphatic rings. The summed E-state index contributed by atoms with van der Waals surface area (Å²) in [6, 6.07) is 10.6. The third kappa shape index (κ3) is 5.89. The number of amides is 1. The lowest BCUT2D eigenvalue weighted by Gasteiger charge is -2.35. The Bertz CT molecular complexity index is 1050. The smallest absolute Gasteiger partial charge is 0.222 e. The van der Waals surface area contributed by atoms with Crippen LogP contribution in [0.3, 0.4) is 0 Å². The first-order valence-electron chi connectivity index (χ1n) is 13.1. The van der Waals surface area contributed by atoms with Crippen LogP contribution in [-0.2, 0) is 11.3 Å². The number of nitrogens with zero attached hydrogens (tertiary/aromatic N) is 2. The highest BCUT2D eigenvalue weighted by Gasteiger charge is 2.26. The molecule has 2 aliphatic heterocycles. The Hall–Kier alpha value is -2.93. The van der Waals surface area contributed by atoms with Crippen molar-refractivity contribution in [2.75, 3.05) is 47.1 Å². The number of carbonyl (C=O) groups excluding carboxylic acids is 1. The molecule has 0 radical (unpaired) electrons. The van der Waals surface area contributed by atoms with E-state index >= 15 is 0 Å². The van der Waals surface area contributed by atoms with E-state index < -0.39 is 0 Å². The van der Waals surface area contributed by atoms with Gasteiger partial charge in [0.1, 0.15) is 6.61 Å². The Morgan fingerprint density at radius 3 is 2.56 bits per heavy atom. The number of carbonyl (C=O) groups is 1. The molecule has 2 aromatic carbocycles. The number of fused-ring (bicyclic) bond motifs is 1. The van der Waals surface area contributed by atoms with Gasteiger partial charge in [0.25, 0.3) is 0 Å². The summed E-state index contributed by atoms with van der Waals surface area (Å²) < 4.78 is 23.7. The van der Waals surface area contributed by atoms with Crippen molar-refractivity contribution in [3.05, 3.63) is 35.9 Å². The molecule has 1 fully saturated rings. The van der Waals surface area contributed by atoms with Crippen molar-refractivity contribution in [1.29, 1.82) is 0 Å². The molecule has 0 bridgehead atoms. The lowest BCUT2D eigenvalue weighted by atomic mass is 9.97. The Morgan fingerprint density at radius 2 is 1.83 bits per heavy atom. The van der Waals surface area contributed by atoms with E-state index in [1.807, 2.05) is 30.0 Å². The van der Waals surface area contributed by atoms with Crippen molar-refractivity contribution >= 4 is 5.91 Å². The van der Waals surface area contributed by atoms with E-state index in [4.69, 9.17) is 18.9 Å². The van der Waals surface area contributed by atoms with Crippen LogP contribution in [0.1, 0.15) is 45.6 Å². The van der Waals surface area contributed by atoms with Gasteiger partial charge in [0.15, 0.2) is 23.0 Å². The third-order valence-corrected chi connectivity index (χ3v) is 7.23. The molecule has 0 saturated carbocycles. The number of hydrogen-bond donors (Lipinski definition) is 0. The van der Waals surface area contributed by atoms with Crippen LogP contribution in [0.5, 0.6) is 23.0 Å². The van der Waals surface area contributed by atoms with E-state index in [0.717, 1.165) is 41.3 Å². The second-order valence-electron chi connectivity index (χ2n) is 9.96. The zero-order valence-electron chi connectivity index (χ0n) is 22.3. The number of likely N-dealkylation sites (tertiary alicyclic amines) is 1. The standard InChI is InChI=1S/C29H40N2O5/c1-6-28(32)31-12-13-35-29-24(18-31)14-23(22-9-10-25(33-4)26(15-22)34-5)16-27(29)36-19-21-8-7-11-30(17-21)20(2)3/h9-10,14-16,20-21H,6-8,11-13,17-19H2,1-5H3. The topological polar surface area (TPSA) is 60.5 Å². The molecule has 0 aliphatic carbocycles. The summed E-state index contributed by atoms with van der Waals surface area (Å²) in [6.45, 7) is 10.8. The Labute approximate surface area is 215 Å². The highest BCUT2D eigenvalue weighted by molar-refractivity contribution is 5.77. The SMILES string of the molecule is CCC(=O)N1CCOc2c(cc(-c3ccc(OC)c(OC)c3)cc2OCC2CCCN(C(C)C)C2)C1. The molecule has 36 heavy (non-hydrogen) atoms. The third-order valence-electron chi connectivity index (χ3n) is 7.23. The second-order valence-corrected chi connectivity index (χ2v) is 9.96. The van der Waals surface area contributed by atoms with E-state index in [1.54, 1.807) is 14.2 Å². The van der Waals surface area contributed by atoms with Crippen molar-refractivity contribution in [1.82, 2.24) is 9.80 Å². The minimum absolute atomic E-state index is 0.126. The molecule has 7 heteroatoms. The molecular weight excluding hydrogens is 456 g/mol. The van der Waals surface area contributed by atoms with Gasteiger partial charge in [0.2, 0.25) is 5.91 Å². The quantitative estimate of drug-likeness (QED) is 0.513. The minimum Gasteiger partial charge on any atom is -0.493 e. The minimum atomic E-state index is 0.126. The number of hydrogen-bond acceptors (Lipinski definition) is 6. The Balaban J connectivity index is 1.67. The Kier molecular flexibility index (Phi) is 8.62. The first kappa shape index (κ1) is 26.1. The predicted molar refractivity (Wildman–Crippen MR) is 141 cm³/mol. The zero-order chi connectivity index (χ0) is 25.7. The maximum absolute atomic E-state index is 12.5. The molecule has 0 spiro atoms. The molecule has 7 nitrogen and oxygen atoms in total. The van der Waals surface area contributed by atoms with Crippen molar-refractivity contribution in [3.63, 3.8) is 0 Å². The van der Waals surface area contributed by atoms with Crippen LogP contribution >= 0.6 is 0 Å². The molecular formula is C29H40N2O5. The van der Waals surface area contributed by atoms with Gasteiger partial charge in [-0.25, -0.2) is 0 Å². The molecule has 4 rings (SSSR count). The number of piperidine rings is 1. The summed E-state index contributed by atoms with van der Waals surface area (Å²) in [6.07, 6.45) is 2.84. The summed E-state index contributed by atoms with van der Waals surface area (Å²) in [7, 11) is 3.27. The second kappa shape index (κ2) is 11.9. The normalized spacial score (nSPS) is 18.3. The monoisotopic (exact) mass is 496 g/mol. The van der Waals surface area contributed by atoms with Crippen LogP contribution in [-0.4, -0.2) is 68.8 Å². The first-order chi connectivity index (χ1) is 17.4. The maximum atomic E-state index is 12.5.